The molecule has 18 heavy (non-hydrogen) atoms. The zero-order chi connectivity index (χ0) is 13.7. The number of amides is 2. The molecule has 0 bridgehead atoms. The topological polar surface area (TPSA) is 49.4 Å². The van der Waals surface area contributed by atoms with E-state index in [4.69, 9.17) is 0 Å². The van der Waals surface area contributed by atoms with E-state index < -0.39 is 0 Å². The van der Waals surface area contributed by atoms with Crippen molar-refractivity contribution in [2.75, 3.05) is 6.54 Å². The van der Waals surface area contributed by atoms with Gasteiger partial charge in [0.15, 0.2) is 0 Å². The van der Waals surface area contributed by atoms with Crippen LogP contribution < -0.4 is 5.32 Å². The first kappa shape index (κ1) is 14.7. The second kappa shape index (κ2) is 6.57. The van der Waals surface area contributed by atoms with Gasteiger partial charge in [0.1, 0.15) is 12.1 Å². The van der Waals surface area contributed by atoms with Crippen LogP contribution in [-0.4, -0.2) is 35.3 Å². The SMILES string of the molecule is C=CCCCN1C(=O)C(C(C)CC)NC(=O)C1C. The molecule has 1 aliphatic heterocycles. The van der Waals surface area contributed by atoms with Crippen LogP contribution >= 0.6 is 0 Å². The van der Waals surface area contributed by atoms with E-state index in [1.54, 1.807) is 11.8 Å². The van der Waals surface area contributed by atoms with Gasteiger partial charge < -0.3 is 10.2 Å². The Balaban J connectivity index is 2.75. The van der Waals surface area contributed by atoms with Gasteiger partial charge in [0.05, 0.1) is 0 Å². The van der Waals surface area contributed by atoms with E-state index in [0.717, 1.165) is 19.3 Å². The van der Waals surface area contributed by atoms with Crippen LogP contribution in [0.4, 0.5) is 0 Å². The molecule has 0 radical (unpaired) electrons. The third-order valence-electron chi connectivity index (χ3n) is 3.71. The molecular formula is C14H24N2O2. The number of carbonyl (C=O) groups excluding carboxylic acids is 2. The number of piperazine rings is 1. The number of rotatable bonds is 6. The number of carbonyl (C=O) groups is 2. The van der Waals surface area contributed by atoms with E-state index >= 15 is 0 Å². The maximum Gasteiger partial charge on any atom is 0.246 e. The summed E-state index contributed by atoms with van der Waals surface area (Å²) in [5, 5.41) is 2.84. The Morgan fingerprint density at radius 1 is 1.50 bits per heavy atom. The number of nitrogens with one attached hydrogen (secondary N) is 1. The van der Waals surface area contributed by atoms with Crippen LogP contribution in [0, 0.1) is 5.92 Å². The summed E-state index contributed by atoms with van der Waals surface area (Å²) in [4.78, 5) is 26.0. The Kier molecular flexibility index (Phi) is 5.38. The van der Waals surface area contributed by atoms with Gasteiger partial charge >= 0.3 is 0 Å². The van der Waals surface area contributed by atoms with Gasteiger partial charge in [0.25, 0.3) is 0 Å². The number of unbranched alkanes of at least 4 members (excludes halogenated alkanes) is 1. The van der Waals surface area contributed by atoms with E-state index in [9.17, 15) is 9.59 Å². The van der Waals surface area contributed by atoms with Crippen LogP contribution in [0.1, 0.15) is 40.0 Å². The molecule has 2 amide bonds. The van der Waals surface area contributed by atoms with Crippen molar-refractivity contribution >= 4 is 11.8 Å². The van der Waals surface area contributed by atoms with E-state index in [2.05, 4.69) is 11.9 Å². The first-order valence-corrected chi connectivity index (χ1v) is 6.74. The van der Waals surface area contributed by atoms with Gasteiger partial charge in [0, 0.05) is 6.54 Å². The molecule has 1 aliphatic rings. The summed E-state index contributed by atoms with van der Waals surface area (Å²) in [6, 6.07) is -0.718. The number of allylic oxidation sites excluding steroid dienone is 1. The third kappa shape index (κ3) is 3.12. The van der Waals surface area contributed by atoms with Crippen molar-refractivity contribution in [3.8, 4) is 0 Å². The van der Waals surface area contributed by atoms with Gasteiger partial charge in [-0.05, 0) is 25.7 Å². The highest BCUT2D eigenvalue weighted by Gasteiger charge is 2.39. The molecule has 0 aliphatic carbocycles. The Morgan fingerprint density at radius 2 is 2.17 bits per heavy atom. The van der Waals surface area contributed by atoms with Crippen LogP contribution in [0.2, 0.25) is 0 Å². The Bertz CT molecular complexity index is 328. The highest BCUT2D eigenvalue weighted by atomic mass is 16.2. The minimum atomic E-state index is -0.359. The molecule has 1 fully saturated rings. The van der Waals surface area contributed by atoms with Gasteiger partial charge in [-0.3, -0.25) is 9.59 Å². The van der Waals surface area contributed by atoms with E-state index in [-0.39, 0.29) is 29.8 Å². The minimum absolute atomic E-state index is 0.0431. The average Bonchev–Trinajstić information content (AvgIpc) is 2.37. The Hall–Kier alpha value is -1.32. The van der Waals surface area contributed by atoms with Crippen molar-refractivity contribution in [3.05, 3.63) is 12.7 Å². The second-order valence-corrected chi connectivity index (χ2v) is 5.01. The van der Waals surface area contributed by atoms with Crippen LogP contribution in [0.3, 0.4) is 0 Å². The maximum absolute atomic E-state index is 12.4. The summed E-state index contributed by atoms with van der Waals surface area (Å²) in [5.74, 6) is 0.190. The fourth-order valence-corrected chi connectivity index (χ4v) is 2.18. The van der Waals surface area contributed by atoms with Crippen LogP contribution in [0.15, 0.2) is 12.7 Å². The first-order valence-electron chi connectivity index (χ1n) is 6.74. The van der Waals surface area contributed by atoms with Crippen molar-refractivity contribution in [1.29, 1.82) is 0 Å². The summed E-state index contributed by atoms with van der Waals surface area (Å²) >= 11 is 0. The monoisotopic (exact) mass is 252 g/mol. The van der Waals surface area contributed by atoms with E-state index in [0.29, 0.717) is 6.54 Å². The fraction of sp³-hybridized carbons (Fsp3) is 0.714. The van der Waals surface area contributed by atoms with E-state index in [1.165, 1.54) is 0 Å². The molecule has 4 nitrogen and oxygen atoms in total. The van der Waals surface area contributed by atoms with Crippen molar-refractivity contribution in [3.63, 3.8) is 0 Å². The molecule has 1 heterocycles. The normalized spacial score (nSPS) is 25.8. The van der Waals surface area contributed by atoms with Gasteiger partial charge in [0.2, 0.25) is 11.8 Å². The minimum Gasteiger partial charge on any atom is -0.342 e. The standard InChI is InChI=1S/C14H24N2O2/c1-5-7-8-9-16-11(4)13(17)15-12(14(16)18)10(3)6-2/h5,10-12H,1,6-9H2,2-4H3,(H,15,17). The third-order valence-corrected chi connectivity index (χ3v) is 3.71. The summed E-state index contributed by atoms with van der Waals surface area (Å²) in [6.07, 6.45) is 4.45. The smallest absolute Gasteiger partial charge is 0.246 e. The molecule has 0 aromatic heterocycles. The average molecular weight is 252 g/mol. The molecule has 3 atom stereocenters. The van der Waals surface area contributed by atoms with Gasteiger partial charge in [-0.1, -0.05) is 26.3 Å². The lowest BCUT2D eigenvalue weighted by atomic mass is 9.94. The van der Waals surface area contributed by atoms with Crippen molar-refractivity contribution in [1.82, 2.24) is 10.2 Å². The Morgan fingerprint density at radius 3 is 2.72 bits per heavy atom. The molecule has 0 aromatic rings. The number of nitrogens with zero attached hydrogens (tertiary/aromatic N) is 1. The quantitative estimate of drug-likeness (QED) is 0.578. The molecule has 0 saturated carbocycles. The van der Waals surface area contributed by atoms with Crippen molar-refractivity contribution < 1.29 is 9.59 Å². The second-order valence-electron chi connectivity index (χ2n) is 5.01. The largest absolute Gasteiger partial charge is 0.342 e. The van der Waals surface area contributed by atoms with Gasteiger partial charge in [-0.15, -0.1) is 6.58 Å². The lowest BCUT2D eigenvalue weighted by molar-refractivity contribution is -0.150. The highest BCUT2D eigenvalue weighted by Crippen LogP contribution is 2.18. The lowest BCUT2D eigenvalue weighted by Crippen LogP contribution is -2.64. The van der Waals surface area contributed by atoms with Crippen molar-refractivity contribution in [2.24, 2.45) is 5.92 Å². The first-order chi connectivity index (χ1) is 8.52. The number of hydrogen-bond donors (Lipinski definition) is 1. The van der Waals surface area contributed by atoms with E-state index in [1.807, 2.05) is 19.9 Å². The summed E-state index contributed by atoms with van der Waals surface area (Å²) in [5.41, 5.74) is 0. The summed E-state index contributed by atoms with van der Waals surface area (Å²) < 4.78 is 0. The highest BCUT2D eigenvalue weighted by molar-refractivity contribution is 5.96. The maximum atomic E-state index is 12.4. The van der Waals surface area contributed by atoms with Gasteiger partial charge in [-0.2, -0.15) is 0 Å². The predicted octanol–water partition coefficient (Wildman–Crippen LogP) is 1.71. The van der Waals surface area contributed by atoms with Crippen LogP contribution in [0.25, 0.3) is 0 Å². The lowest BCUT2D eigenvalue weighted by Gasteiger charge is -2.39. The summed E-state index contributed by atoms with van der Waals surface area (Å²) in [6.45, 7) is 10.1. The number of hydrogen-bond acceptors (Lipinski definition) is 2. The Labute approximate surface area is 109 Å². The van der Waals surface area contributed by atoms with Crippen molar-refractivity contribution in [2.45, 2.75) is 52.1 Å². The van der Waals surface area contributed by atoms with Crippen LogP contribution in [-0.2, 0) is 9.59 Å². The molecule has 0 spiro atoms. The summed E-state index contributed by atoms with van der Waals surface area (Å²) in [7, 11) is 0. The fourth-order valence-electron chi connectivity index (χ4n) is 2.18. The molecule has 1 N–H and O–H groups in total. The molecule has 1 saturated heterocycles. The van der Waals surface area contributed by atoms with Gasteiger partial charge in [-0.25, -0.2) is 0 Å². The molecular weight excluding hydrogens is 228 g/mol. The molecule has 3 unspecified atom stereocenters. The van der Waals surface area contributed by atoms with Crippen LogP contribution in [0.5, 0.6) is 0 Å². The molecule has 4 heteroatoms. The molecule has 0 aromatic carbocycles. The molecule has 1 rings (SSSR count). The zero-order valence-electron chi connectivity index (χ0n) is 11.6. The zero-order valence-corrected chi connectivity index (χ0v) is 11.6. The molecule has 102 valence electrons. The predicted molar refractivity (Wildman–Crippen MR) is 72.0 cm³/mol.